The molecule has 2 aromatic heterocycles. The highest BCUT2D eigenvalue weighted by Crippen LogP contribution is 2.13. The second-order valence-corrected chi connectivity index (χ2v) is 6.41. The van der Waals surface area contributed by atoms with Crippen LogP contribution in [0.5, 0.6) is 0 Å². The third-order valence-corrected chi connectivity index (χ3v) is 4.29. The van der Waals surface area contributed by atoms with E-state index in [9.17, 15) is 4.79 Å². The van der Waals surface area contributed by atoms with Gasteiger partial charge in [-0.3, -0.25) is 4.79 Å². The molecule has 0 bridgehead atoms. The van der Waals surface area contributed by atoms with Crippen molar-refractivity contribution in [1.82, 2.24) is 24.4 Å². The molecule has 25 heavy (non-hydrogen) atoms. The number of amides is 1. The van der Waals surface area contributed by atoms with Crippen LogP contribution in [0.1, 0.15) is 41.0 Å². The Bertz CT molecular complexity index is 720. The molecule has 0 atom stereocenters. The van der Waals surface area contributed by atoms with Gasteiger partial charge in [0.25, 0.3) is 5.91 Å². The Labute approximate surface area is 149 Å². The van der Waals surface area contributed by atoms with Crippen molar-refractivity contribution < 1.29 is 4.79 Å². The lowest BCUT2D eigenvalue weighted by atomic mass is 10.2. The SMILES string of the molecule is CCc1cc(N(C)CCCN(C)C(=O)c2c(C)ncn2C)nc(C)n1. The number of carbonyl (C=O) groups is 1. The Hall–Kier alpha value is -2.44. The summed E-state index contributed by atoms with van der Waals surface area (Å²) in [6.45, 7) is 7.36. The van der Waals surface area contributed by atoms with E-state index in [1.165, 1.54) is 0 Å². The molecule has 7 nitrogen and oxygen atoms in total. The van der Waals surface area contributed by atoms with Crippen LogP contribution in [0.4, 0.5) is 5.82 Å². The first-order valence-corrected chi connectivity index (χ1v) is 8.62. The van der Waals surface area contributed by atoms with Crippen molar-refractivity contribution in [3.63, 3.8) is 0 Å². The normalized spacial score (nSPS) is 10.8. The molecule has 0 aliphatic carbocycles. The average molecular weight is 344 g/mol. The number of hydrogen-bond acceptors (Lipinski definition) is 5. The number of carbonyl (C=O) groups excluding carboxylic acids is 1. The molecule has 0 N–H and O–H groups in total. The zero-order valence-corrected chi connectivity index (χ0v) is 16.1. The van der Waals surface area contributed by atoms with E-state index in [2.05, 4.69) is 26.8 Å². The number of hydrogen-bond donors (Lipinski definition) is 0. The van der Waals surface area contributed by atoms with Gasteiger partial charge < -0.3 is 14.4 Å². The first-order chi connectivity index (χ1) is 11.8. The maximum atomic E-state index is 12.6. The fourth-order valence-corrected chi connectivity index (χ4v) is 2.78. The van der Waals surface area contributed by atoms with Gasteiger partial charge in [-0.2, -0.15) is 0 Å². The quantitative estimate of drug-likeness (QED) is 0.768. The van der Waals surface area contributed by atoms with Crippen LogP contribution >= 0.6 is 0 Å². The Morgan fingerprint density at radius 3 is 2.52 bits per heavy atom. The van der Waals surface area contributed by atoms with Gasteiger partial charge in [0.2, 0.25) is 0 Å². The number of aromatic nitrogens is 4. The van der Waals surface area contributed by atoms with Gasteiger partial charge in [-0.1, -0.05) is 6.92 Å². The molecule has 1 amide bonds. The molecule has 0 saturated carbocycles. The minimum atomic E-state index is 0.00584. The molecule has 136 valence electrons. The highest BCUT2D eigenvalue weighted by molar-refractivity contribution is 5.93. The van der Waals surface area contributed by atoms with Gasteiger partial charge in [-0.15, -0.1) is 0 Å². The second-order valence-electron chi connectivity index (χ2n) is 6.41. The molecule has 2 aromatic rings. The Kier molecular flexibility index (Phi) is 6.12. The molecule has 0 radical (unpaired) electrons. The molecule has 0 aromatic carbocycles. The molecule has 2 heterocycles. The Morgan fingerprint density at radius 2 is 1.92 bits per heavy atom. The topological polar surface area (TPSA) is 67.2 Å². The number of rotatable bonds is 7. The molecule has 0 fully saturated rings. The summed E-state index contributed by atoms with van der Waals surface area (Å²) < 4.78 is 1.77. The first kappa shape index (κ1) is 18.9. The van der Waals surface area contributed by atoms with Gasteiger partial charge in [-0.25, -0.2) is 15.0 Å². The van der Waals surface area contributed by atoms with E-state index in [0.717, 1.165) is 42.4 Å². The van der Waals surface area contributed by atoms with Crippen LogP contribution in [0.25, 0.3) is 0 Å². The third kappa shape index (κ3) is 4.55. The van der Waals surface area contributed by atoms with Crippen molar-refractivity contribution in [2.24, 2.45) is 7.05 Å². The van der Waals surface area contributed by atoms with Crippen LogP contribution in [-0.2, 0) is 13.5 Å². The summed E-state index contributed by atoms with van der Waals surface area (Å²) in [5.74, 6) is 1.73. The first-order valence-electron chi connectivity index (χ1n) is 8.62. The highest BCUT2D eigenvalue weighted by Gasteiger charge is 2.18. The molecule has 0 spiro atoms. The zero-order chi connectivity index (χ0) is 18.6. The standard InChI is InChI=1S/C18H28N6O/c1-7-15-11-16(21-14(3)20-15)22(4)9-8-10-23(5)18(25)17-13(2)19-12-24(17)6/h11-12H,7-10H2,1-6H3. The third-order valence-electron chi connectivity index (χ3n) is 4.29. The average Bonchev–Trinajstić information content (AvgIpc) is 2.91. The monoisotopic (exact) mass is 344 g/mol. The van der Waals surface area contributed by atoms with Gasteiger partial charge in [0.15, 0.2) is 0 Å². The molecule has 0 unspecified atom stereocenters. The Morgan fingerprint density at radius 1 is 1.20 bits per heavy atom. The van der Waals surface area contributed by atoms with E-state index in [-0.39, 0.29) is 5.91 Å². The summed E-state index contributed by atoms with van der Waals surface area (Å²) in [4.78, 5) is 29.5. The van der Waals surface area contributed by atoms with E-state index in [1.807, 2.05) is 41.1 Å². The minimum absolute atomic E-state index is 0.00584. The van der Waals surface area contributed by atoms with Crippen LogP contribution in [0.3, 0.4) is 0 Å². The lowest BCUT2D eigenvalue weighted by Crippen LogP contribution is -2.32. The zero-order valence-electron chi connectivity index (χ0n) is 16.1. The maximum Gasteiger partial charge on any atom is 0.272 e. The highest BCUT2D eigenvalue weighted by atomic mass is 16.2. The molecular weight excluding hydrogens is 316 g/mol. The fourth-order valence-electron chi connectivity index (χ4n) is 2.78. The van der Waals surface area contributed by atoms with E-state index < -0.39 is 0 Å². The Balaban J connectivity index is 1.91. The maximum absolute atomic E-state index is 12.6. The van der Waals surface area contributed by atoms with Crippen molar-refractivity contribution in [2.45, 2.75) is 33.6 Å². The van der Waals surface area contributed by atoms with Gasteiger partial charge in [-0.05, 0) is 26.7 Å². The van der Waals surface area contributed by atoms with Crippen LogP contribution < -0.4 is 4.90 Å². The number of imidazole rings is 1. The summed E-state index contributed by atoms with van der Waals surface area (Å²) in [6.07, 6.45) is 3.43. The molecular formula is C18H28N6O. The van der Waals surface area contributed by atoms with E-state index in [4.69, 9.17) is 0 Å². The minimum Gasteiger partial charge on any atom is -0.359 e. The number of aryl methyl sites for hydroxylation is 4. The van der Waals surface area contributed by atoms with Crippen molar-refractivity contribution in [1.29, 1.82) is 0 Å². The van der Waals surface area contributed by atoms with Crippen LogP contribution in [-0.4, -0.2) is 57.5 Å². The van der Waals surface area contributed by atoms with Crippen LogP contribution in [0, 0.1) is 13.8 Å². The van der Waals surface area contributed by atoms with Crippen molar-refractivity contribution in [2.75, 3.05) is 32.1 Å². The second kappa shape index (κ2) is 8.09. The molecule has 0 saturated heterocycles. The summed E-state index contributed by atoms with van der Waals surface area (Å²) in [5.41, 5.74) is 2.46. The smallest absolute Gasteiger partial charge is 0.272 e. The van der Waals surface area contributed by atoms with E-state index in [1.54, 1.807) is 15.8 Å². The van der Waals surface area contributed by atoms with E-state index in [0.29, 0.717) is 12.2 Å². The fraction of sp³-hybridized carbons (Fsp3) is 0.556. The number of nitrogens with zero attached hydrogens (tertiary/aromatic N) is 6. The van der Waals surface area contributed by atoms with Gasteiger partial charge >= 0.3 is 0 Å². The largest absolute Gasteiger partial charge is 0.359 e. The van der Waals surface area contributed by atoms with Crippen molar-refractivity contribution >= 4 is 11.7 Å². The summed E-state index contributed by atoms with van der Waals surface area (Å²) >= 11 is 0. The molecule has 0 aliphatic rings. The molecule has 0 aliphatic heterocycles. The van der Waals surface area contributed by atoms with Crippen molar-refractivity contribution in [3.05, 3.63) is 35.3 Å². The summed E-state index contributed by atoms with van der Waals surface area (Å²) in [6, 6.07) is 2.03. The molecule has 2 rings (SSSR count). The number of anilines is 1. The van der Waals surface area contributed by atoms with Crippen LogP contribution in [0.2, 0.25) is 0 Å². The summed E-state index contributed by atoms with van der Waals surface area (Å²) in [7, 11) is 5.70. The lowest BCUT2D eigenvalue weighted by Gasteiger charge is -2.22. The molecule has 7 heteroatoms. The predicted octanol–water partition coefficient (Wildman–Crippen LogP) is 1.99. The van der Waals surface area contributed by atoms with Gasteiger partial charge in [0.1, 0.15) is 17.3 Å². The van der Waals surface area contributed by atoms with Gasteiger partial charge in [0.05, 0.1) is 12.0 Å². The van der Waals surface area contributed by atoms with E-state index >= 15 is 0 Å². The lowest BCUT2D eigenvalue weighted by molar-refractivity contribution is 0.0784. The summed E-state index contributed by atoms with van der Waals surface area (Å²) in [5, 5.41) is 0. The van der Waals surface area contributed by atoms with Gasteiger partial charge in [0, 0.05) is 46.0 Å². The van der Waals surface area contributed by atoms with Crippen molar-refractivity contribution in [3.8, 4) is 0 Å². The van der Waals surface area contributed by atoms with Crippen LogP contribution in [0.15, 0.2) is 12.4 Å². The predicted molar refractivity (Wildman–Crippen MR) is 98.9 cm³/mol.